The van der Waals surface area contributed by atoms with Gasteiger partial charge in [-0.15, -0.1) is 0 Å². The Morgan fingerprint density at radius 1 is 1.20 bits per heavy atom. The molecule has 25 heavy (non-hydrogen) atoms. The summed E-state index contributed by atoms with van der Waals surface area (Å²) in [6.45, 7) is 2.68. The maximum absolute atomic E-state index is 12.5. The van der Waals surface area contributed by atoms with Crippen molar-refractivity contribution in [2.75, 3.05) is 18.7 Å². The van der Waals surface area contributed by atoms with Crippen LogP contribution in [0, 0.1) is 0 Å². The molecule has 3 rings (SSSR count). The third-order valence-electron chi connectivity index (χ3n) is 3.64. The Bertz CT molecular complexity index is 908. The number of nitrogens with one attached hydrogen (secondary N) is 1. The molecule has 2 aromatic rings. The highest BCUT2D eigenvalue weighted by Crippen LogP contribution is 2.32. The molecule has 0 atom stereocenters. The monoisotopic (exact) mass is 401 g/mol. The van der Waals surface area contributed by atoms with Gasteiger partial charge in [0.05, 0.1) is 11.3 Å². The zero-order chi connectivity index (χ0) is 17.8. The molecular weight excluding hydrogens is 386 g/mol. The number of hydrogen-bond donors (Lipinski definition) is 1. The molecule has 0 amide bonds. The molecule has 1 aliphatic rings. The van der Waals surface area contributed by atoms with Crippen LogP contribution in [0.1, 0.15) is 22.8 Å². The van der Waals surface area contributed by atoms with Crippen molar-refractivity contribution in [3.8, 4) is 11.5 Å². The van der Waals surface area contributed by atoms with Gasteiger partial charge in [0.2, 0.25) is 12.2 Å². The molecule has 0 aliphatic carbocycles. The summed E-state index contributed by atoms with van der Waals surface area (Å²) in [5, 5.41) is 2.98. The number of fused-ring (bicyclic) bond motifs is 1. The lowest BCUT2D eigenvalue weighted by Crippen LogP contribution is -2.15. The van der Waals surface area contributed by atoms with E-state index < -0.39 is 0 Å². The first-order chi connectivity index (χ1) is 12.1. The molecule has 1 heterocycles. The van der Waals surface area contributed by atoms with Crippen LogP contribution in [0.25, 0.3) is 6.08 Å². The molecule has 0 spiro atoms. The summed E-state index contributed by atoms with van der Waals surface area (Å²) in [4.78, 5) is 25.1. The average molecular weight is 402 g/mol. The molecule has 1 N–H and O–H groups in total. The molecule has 0 radical (unpaired) electrons. The van der Waals surface area contributed by atoms with E-state index in [1.165, 1.54) is 12.1 Å². The van der Waals surface area contributed by atoms with Gasteiger partial charge in [0.25, 0.3) is 0 Å². The SMILES string of the molecule is CCNc1ccc(Br)cc(C(=O)/C=C\c2ccc3c(c2)OCO3)c1=O. The zero-order valence-corrected chi connectivity index (χ0v) is 15.1. The first-order valence-electron chi connectivity index (χ1n) is 7.78. The zero-order valence-electron chi connectivity index (χ0n) is 13.5. The second kappa shape index (κ2) is 7.53. The minimum absolute atomic E-state index is 0.102. The molecule has 0 unspecified atom stereocenters. The van der Waals surface area contributed by atoms with Gasteiger partial charge in [-0.1, -0.05) is 28.1 Å². The lowest BCUT2D eigenvalue weighted by molar-refractivity contribution is 0.104. The number of carbonyl (C=O) groups is 1. The van der Waals surface area contributed by atoms with Crippen molar-refractivity contribution in [1.82, 2.24) is 0 Å². The van der Waals surface area contributed by atoms with Gasteiger partial charge in [0.1, 0.15) is 0 Å². The smallest absolute Gasteiger partial charge is 0.231 e. The second-order valence-corrected chi connectivity index (χ2v) is 6.28. The number of halogens is 1. The van der Waals surface area contributed by atoms with Crippen LogP contribution in [0.4, 0.5) is 5.69 Å². The van der Waals surface area contributed by atoms with Crippen LogP contribution in [0.15, 0.2) is 51.7 Å². The fourth-order valence-electron chi connectivity index (χ4n) is 2.43. The lowest BCUT2D eigenvalue weighted by Gasteiger charge is -1.99. The molecule has 0 fully saturated rings. The number of hydrogen-bond acceptors (Lipinski definition) is 5. The van der Waals surface area contributed by atoms with E-state index in [0.717, 1.165) is 5.56 Å². The minimum atomic E-state index is -0.362. The summed E-state index contributed by atoms with van der Waals surface area (Å²) in [6.07, 6.45) is 3.04. The molecule has 1 aliphatic heterocycles. The molecule has 0 aromatic heterocycles. The maximum Gasteiger partial charge on any atom is 0.231 e. The summed E-state index contributed by atoms with van der Waals surface area (Å²) in [5.74, 6) is 0.959. The Hall–Kier alpha value is -2.60. The van der Waals surface area contributed by atoms with E-state index in [-0.39, 0.29) is 23.6 Å². The molecule has 0 saturated carbocycles. The van der Waals surface area contributed by atoms with Crippen LogP contribution < -0.4 is 20.2 Å². The van der Waals surface area contributed by atoms with Crippen LogP contribution in [-0.4, -0.2) is 19.1 Å². The van der Waals surface area contributed by atoms with Gasteiger partial charge < -0.3 is 14.8 Å². The predicted octanol–water partition coefficient (Wildman–Crippen LogP) is 3.87. The van der Waals surface area contributed by atoms with E-state index in [9.17, 15) is 9.59 Å². The first kappa shape index (κ1) is 17.2. The Morgan fingerprint density at radius 3 is 2.80 bits per heavy atom. The fourth-order valence-corrected chi connectivity index (χ4v) is 2.79. The van der Waals surface area contributed by atoms with Gasteiger partial charge in [0, 0.05) is 11.0 Å². The van der Waals surface area contributed by atoms with Gasteiger partial charge in [0.15, 0.2) is 17.3 Å². The van der Waals surface area contributed by atoms with Gasteiger partial charge in [-0.3, -0.25) is 9.59 Å². The molecule has 5 nitrogen and oxygen atoms in total. The molecule has 6 heteroatoms. The number of allylic oxidation sites excluding steroid dienone is 1. The largest absolute Gasteiger partial charge is 0.454 e. The van der Waals surface area contributed by atoms with E-state index in [2.05, 4.69) is 21.2 Å². The van der Waals surface area contributed by atoms with Crippen molar-refractivity contribution in [2.24, 2.45) is 0 Å². The summed E-state index contributed by atoms with van der Waals surface area (Å²) in [6, 6.07) is 10.3. The number of ether oxygens (including phenoxy) is 2. The fraction of sp³-hybridized carbons (Fsp3) is 0.158. The van der Waals surface area contributed by atoms with E-state index in [1.54, 1.807) is 30.3 Å². The summed E-state index contributed by atoms with van der Waals surface area (Å²) >= 11 is 3.34. The van der Waals surface area contributed by atoms with Crippen molar-refractivity contribution in [2.45, 2.75) is 6.92 Å². The number of carbonyl (C=O) groups excluding carboxylic acids is 1. The summed E-state index contributed by atoms with van der Waals surface area (Å²) in [7, 11) is 0. The van der Waals surface area contributed by atoms with Gasteiger partial charge >= 0.3 is 0 Å². The summed E-state index contributed by atoms with van der Waals surface area (Å²) in [5.41, 5.74) is 0.960. The van der Waals surface area contributed by atoms with Crippen molar-refractivity contribution in [1.29, 1.82) is 0 Å². The topological polar surface area (TPSA) is 64.6 Å². The molecule has 2 aromatic carbocycles. The van der Waals surface area contributed by atoms with Crippen LogP contribution in [0.2, 0.25) is 0 Å². The van der Waals surface area contributed by atoms with Crippen LogP contribution in [0.3, 0.4) is 0 Å². The molecular formula is C19H16BrNO4. The third kappa shape index (κ3) is 3.91. The van der Waals surface area contributed by atoms with Gasteiger partial charge in [-0.05, 0) is 48.9 Å². The number of anilines is 1. The Balaban J connectivity index is 1.91. The highest BCUT2D eigenvalue weighted by atomic mass is 79.9. The van der Waals surface area contributed by atoms with Crippen molar-refractivity contribution in [3.05, 3.63) is 68.3 Å². The second-order valence-electron chi connectivity index (χ2n) is 5.36. The minimum Gasteiger partial charge on any atom is -0.454 e. The Morgan fingerprint density at radius 2 is 2.00 bits per heavy atom. The van der Waals surface area contributed by atoms with E-state index >= 15 is 0 Å². The van der Waals surface area contributed by atoms with Crippen LogP contribution in [0.5, 0.6) is 11.5 Å². The van der Waals surface area contributed by atoms with E-state index in [1.807, 2.05) is 13.0 Å². The van der Waals surface area contributed by atoms with E-state index in [0.29, 0.717) is 28.2 Å². The normalized spacial score (nSPS) is 12.4. The highest BCUT2D eigenvalue weighted by molar-refractivity contribution is 9.10. The van der Waals surface area contributed by atoms with E-state index in [4.69, 9.17) is 9.47 Å². The lowest BCUT2D eigenvalue weighted by atomic mass is 10.1. The molecule has 0 saturated heterocycles. The highest BCUT2D eigenvalue weighted by Gasteiger charge is 2.13. The maximum atomic E-state index is 12.5. The molecule has 0 bridgehead atoms. The number of ketones is 1. The summed E-state index contributed by atoms with van der Waals surface area (Å²) < 4.78 is 11.2. The standard InChI is InChI=1S/C19H16BrNO4/c1-2-21-15-6-5-13(20)10-14(19(15)23)16(22)7-3-12-4-8-17-18(9-12)25-11-24-17/h3-10H,2,11H2,1H3,(H,21,23)/b7-3-. The first-order valence-corrected chi connectivity index (χ1v) is 8.57. The third-order valence-corrected chi connectivity index (χ3v) is 4.13. The van der Waals surface area contributed by atoms with Gasteiger partial charge in [-0.25, -0.2) is 0 Å². The van der Waals surface area contributed by atoms with Crippen LogP contribution >= 0.6 is 15.9 Å². The predicted molar refractivity (Wildman–Crippen MR) is 101 cm³/mol. The van der Waals surface area contributed by atoms with Crippen molar-refractivity contribution >= 4 is 33.5 Å². The average Bonchev–Trinajstić information content (AvgIpc) is 3.03. The van der Waals surface area contributed by atoms with Crippen molar-refractivity contribution in [3.63, 3.8) is 0 Å². The molecule has 128 valence electrons. The van der Waals surface area contributed by atoms with Gasteiger partial charge in [-0.2, -0.15) is 0 Å². The van der Waals surface area contributed by atoms with Crippen molar-refractivity contribution < 1.29 is 14.3 Å². The Labute approximate surface area is 153 Å². The van der Waals surface area contributed by atoms with Crippen LogP contribution in [-0.2, 0) is 0 Å². The number of rotatable bonds is 5. The number of benzene rings is 1. The quantitative estimate of drug-likeness (QED) is 0.608. The Kier molecular flexibility index (Phi) is 5.19.